The maximum atomic E-state index is 14.7. The summed E-state index contributed by atoms with van der Waals surface area (Å²) in [7, 11) is 1.64. The van der Waals surface area contributed by atoms with Crippen LogP contribution in [0.25, 0.3) is 10.9 Å². The van der Waals surface area contributed by atoms with E-state index in [9.17, 15) is 18.8 Å². The fourth-order valence-corrected chi connectivity index (χ4v) is 4.45. The van der Waals surface area contributed by atoms with E-state index in [-0.39, 0.29) is 36.1 Å². The molecule has 0 radical (unpaired) electrons. The maximum Gasteiger partial charge on any atom is 0.256 e. The summed E-state index contributed by atoms with van der Waals surface area (Å²) in [5.74, 6) is -1.44. The molecule has 35 heavy (non-hydrogen) atoms. The Balaban J connectivity index is 1.68. The number of ketones is 1. The molecule has 182 valence electrons. The van der Waals surface area contributed by atoms with Crippen LogP contribution in [0, 0.1) is 5.82 Å². The molecule has 1 aliphatic rings. The van der Waals surface area contributed by atoms with Gasteiger partial charge in [0.2, 0.25) is 5.91 Å². The van der Waals surface area contributed by atoms with Crippen molar-refractivity contribution in [1.82, 2.24) is 20.4 Å². The zero-order valence-corrected chi connectivity index (χ0v) is 20.3. The van der Waals surface area contributed by atoms with Crippen molar-refractivity contribution in [3.63, 3.8) is 0 Å². The number of rotatable bonds is 7. The quantitative estimate of drug-likeness (QED) is 0.533. The van der Waals surface area contributed by atoms with E-state index >= 15 is 0 Å². The average molecular weight is 477 g/mol. The molecule has 2 heterocycles. The minimum Gasteiger partial charge on any atom is -0.345 e. The first-order valence-corrected chi connectivity index (χ1v) is 11.7. The lowest BCUT2D eigenvalue weighted by atomic mass is 9.85. The number of nitrogens with one attached hydrogen (secondary N) is 2. The molecule has 0 aliphatic carbocycles. The maximum absolute atomic E-state index is 14.7. The van der Waals surface area contributed by atoms with E-state index < -0.39 is 17.8 Å². The third-order valence-electron chi connectivity index (χ3n) is 6.78. The topological polar surface area (TPSA) is 95.2 Å². The van der Waals surface area contributed by atoms with Gasteiger partial charge in [-0.1, -0.05) is 24.6 Å². The molecule has 4 rings (SSSR count). The van der Waals surface area contributed by atoms with Crippen molar-refractivity contribution in [3.8, 4) is 0 Å². The molecule has 0 spiro atoms. The highest BCUT2D eigenvalue weighted by Crippen LogP contribution is 2.32. The Morgan fingerprint density at radius 2 is 2.00 bits per heavy atom. The van der Waals surface area contributed by atoms with Crippen molar-refractivity contribution >= 4 is 28.5 Å². The number of halogens is 1. The third-order valence-corrected chi connectivity index (χ3v) is 6.78. The Morgan fingerprint density at radius 1 is 1.23 bits per heavy atom. The number of amides is 2. The number of carbonyl (C=O) groups is 3. The fourth-order valence-electron chi connectivity index (χ4n) is 4.45. The molecule has 1 aromatic heterocycles. The van der Waals surface area contributed by atoms with E-state index in [2.05, 4.69) is 15.5 Å². The van der Waals surface area contributed by atoms with Crippen LogP contribution < -0.4 is 5.32 Å². The van der Waals surface area contributed by atoms with Gasteiger partial charge in [-0.3, -0.25) is 19.5 Å². The Kier molecular flexibility index (Phi) is 6.82. The van der Waals surface area contributed by atoms with E-state index in [0.29, 0.717) is 16.7 Å². The largest absolute Gasteiger partial charge is 0.345 e. The van der Waals surface area contributed by atoms with Crippen LogP contribution in [0.1, 0.15) is 61.1 Å². The monoisotopic (exact) mass is 476 g/mol. The summed E-state index contributed by atoms with van der Waals surface area (Å²) in [5, 5.41) is 10.7. The standard InChI is InChI=1S/C27H29FN4O3/c1-5-16(3)32(4)27(35)20-13-18(7-8-21(20)28)26-25(15(2)10-24(34)30-26)23(33)12-17-6-9-22-19(11-17)14-29-31-22/h6-9,11,13-14,16,26H,5,10,12H2,1-4H3,(H,29,31)(H,30,34). The lowest BCUT2D eigenvalue weighted by Gasteiger charge is -2.29. The molecule has 0 saturated carbocycles. The second-order valence-electron chi connectivity index (χ2n) is 9.18. The van der Waals surface area contributed by atoms with Crippen molar-refractivity contribution in [1.29, 1.82) is 0 Å². The Labute approximate surface area is 203 Å². The first-order chi connectivity index (χ1) is 16.7. The summed E-state index contributed by atoms with van der Waals surface area (Å²) in [6.07, 6.45) is 2.68. The molecule has 2 amide bonds. The first-order valence-electron chi connectivity index (χ1n) is 11.7. The van der Waals surface area contributed by atoms with Gasteiger partial charge in [0.15, 0.2) is 5.78 Å². The van der Waals surface area contributed by atoms with Crippen LogP contribution in [0.3, 0.4) is 0 Å². The highest BCUT2D eigenvalue weighted by Gasteiger charge is 2.32. The minimum atomic E-state index is -0.762. The molecule has 2 aromatic carbocycles. The van der Waals surface area contributed by atoms with Gasteiger partial charge < -0.3 is 10.2 Å². The number of nitrogens with zero attached hydrogens (tertiary/aromatic N) is 2. The minimum absolute atomic E-state index is 0.0632. The third kappa shape index (κ3) is 4.87. The van der Waals surface area contributed by atoms with Crippen LogP contribution in [0.4, 0.5) is 4.39 Å². The average Bonchev–Trinajstić information content (AvgIpc) is 3.30. The number of hydrogen-bond donors (Lipinski definition) is 2. The van der Waals surface area contributed by atoms with Gasteiger partial charge in [0.05, 0.1) is 23.3 Å². The number of H-pyrrole nitrogens is 1. The highest BCUT2D eigenvalue weighted by atomic mass is 19.1. The predicted octanol–water partition coefficient (Wildman–Crippen LogP) is 4.26. The van der Waals surface area contributed by atoms with Gasteiger partial charge in [-0.15, -0.1) is 0 Å². The van der Waals surface area contributed by atoms with Crippen LogP contribution in [-0.4, -0.2) is 45.8 Å². The highest BCUT2D eigenvalue weighted by molar-refractivity contribution is 6.02. The van der Waals surface area contributed by atoms with Crippen molar-refractivity contribution in [2.45, 2.75) is 52.1 Å². The lowest BCUT2D eigenvalue weighted by Crippen LogP contribution is -2.38. The number of aromatic amines is 1. The molecule has 8 heteroatoms. The zero-order chi connectivity index (χ0) is 25.3. The van der Waals surface area contributed by atoms with Crippen LogP contribution in [0.2, 0.25) is 0 Å². The lowest BCUT2D eigenvalue weighted by molar-refractivity contribution is -0.121. The van der Waals surface area contributed by atoms with E-state index in [4.69, 9.17) is 0 Å². The number of carbonyl (C=O) groups excluding carboxylic acids is 3. The van der Waals surface area contributed by atoms with E-state index in [1.54, 1.807) is 20.2 Å². The zero-order valence-electron chi connectivity index (χ0n) is 20.3. The second kappa shape index (κ2) is 9.82. The smallest absolute Gasteiger partial charge is 0.256 e. The van der Waals surface area contributed by atoms with Gasteiger partial charge in [0, 0.05) is 36.9 Å². The molecule has 2 unspecified atom stereocenters. The van der Waals surface area contributed by atoms with Crippen LogP contribution >= 0.6 is 0 Å². The van der Waals surface area contributed by atoms with Gasteiger partial charge in [-0.2, -0.15) is 5.10 Å². The summed E-state index contributed by atoms with van der Waals surface area (Å²) in [4.78, 5) is 40.4. The molecule has 2 N–H and O–H groups in total. The second-order valence-corrected chi connectivity index (χ2v) is 9.18. The first kappa shape index (κ1) is 24.3. The van der Waals surface area contributed by atoms with Crippen molar-refractivity contribution in [2.75, 3.05) is 7.05 Å². The SMILES string of the molecule is CCC(C)N(C)C(=O)c1cc(C2NC(=O)CC(C)=C2C(=O)Cc2ccc3[nH]ncc3c2)ccc1F. The Morgan fingerprint density at radius 3 is 2.74 bits per heavy atom. The molecule has 3 aromatic rings. The van der Waals surface area contributed by atoms with Gasteiger partial charge >= 0.3 is 0 Å². The molecule has 2 atom stereocenters. The molecule has 7 nitrogen and oxygen atoms in total. The molecule has 0 saturated heterocycles. The van der Waals surface area contributed by atoms with Gasteiger partial charge in [0.1, 0.15) is 5.82 Å². The normalized spacial score (nSPS) is 16.8. The van der Waals surface area contributed by atoms with E-state index in [0.717, 1.165) is 22.9 Å². The number of fused-ring (bicyclic) bond motifs is 1. The molecule has 1 aliphatic heterocycles. The summed E-state index contributed by atoms with van der Waals surface area (Å²) in [6, 6.07) is 9.01. The predicted molar refractivity (Wildman–Crippen MR) is 131 cm³/mol. The molecular weight excluding hydrogens is 447 g/mol. The summed E-state index contributed by atoms with van der Waals surface area (Å²) >= 11 is 0. The van der Waals surface area contributed by atoms with Crippen LogP contribution in [0.5, 0.6) is 0 Å². The Hall–Kier alpha value is -3.81. The summed E-state index contributed by atoms with van der Waals surface area (Å²) in [5.41, 5.74) is 3.25. The van der Waals surface area contributed by atoms with Crippen LogP contribution in [-0.2, 0) is 16.0 Å². The molecular formula is C27H29FN4O3. The van der Waals surface area contributed by atoms with Gasteiger partial charge in [-0.05, 0) is 55.7 Å². The van der Waals surface area contributed by atoms with Gasteiger partial charge in [0.25, 0.3) is 5.91 Å². The van der Waals surface area contributed by atoms with E-state index in [1.165, 1.54) is 23.1 Å². The van der Waals surface area contributed by atoms with E-state index in [1.807, 2.05) is 32.0 Å². The Bertz CT molecular complexity index is 1340. The van der Waals surface area contributed by atoms with Crippen molar-refractivity contribution < 1.29 is 18.8 Å². The van der Waals surface area contributed by atoms with Crippen molar-refractivity contribution in [3.05, 3.63) is 76.2 Å². The van der Waals surface area contributed by atoms with Crippen molar-refractivity contribution in [2.24, 2.45) is 0 Å². The van der Waals surface area contributed by atoms with Gasteiger partial charge in [-0.25, -0.2) is 4.39 Å². The number of hydrogen-bond acceptors (Lipinski definition) is 4. The number of Topliss-reactive ketones (excluding diaryl/α,β-unsaturated/α-hetero) is 1. The molecule has 0 bridgehead atoms. The van der Waals surface area contributed by atoms with Crippen LogP contribution in [0.15, 0.2) is 53.7 Å². The number of benzene rings is 2. The summed E-state index contributed by atoms with van der Waals surface area (Å²) < 4.78 is 14.7. The number of aromatic nitrogens is 2. The summed E-state index contributed by atoms with van der Waals surface area (Å²) in [6.45, 7) is 5.61. The fraction of sp³-hybridized carbons (Fsp3) is 0.333. The molecule has 0 fully saturated rings.